The molecule has 2 aromatic rings. The SMILES string of the molecule is C=C(N=C(OC)C1CC(c2ccc(OC(F)(F)F)cc2)CN(C(=O)N2CCOCC2)C1)c1c(F)cccc1F. The summed E-state index contributed by atoms with van der Waals surface area (Å²) in [6.45, 7) is 5.88. The van der Waals surface area contributed by atoms with E-state index in [1.165, 1.54) is 37.4 Å². The molecule has 2 unspecified atom stereocenters. The zero-order valence-corrected chi connectivity index (χ0v) is 21.2. The van der Waals surface area contributed by atoms with Crippen molar-refractivity contribution in [3.63, 3.8) is 0 Å². The van der Waals surface area contributed by atoms with Gasteiger partial charge in [0, 0.05) is 32.1 Å². The summed E-state index contributed by atoms with van der Waals surface area (Å²) in [5.41, 5.74) is 0.119. The number of halogens is 5. The maximum Gasteiger partial charge on any atom is 0.573 e. The monoisotopic (exact) mass is 553 g/mol. The van der Waals surface area contributed by atoms with Crippen molar-refractivity contribution in [2.24, 2.45) is 10.9 Å². The average Bonchev–Trinajstić information content (AvgIpc) is 2.91. The van der Waals surface area contributed by atoms with Crippen LogP contribution in [0, 0.1) is 17.6 Å². The van der Waals surface area contributed by atoms with E-state index in [0.29, 0.717) is 44.8 Å². The van der Waals surface area contributed by atoms with E-state index in [-0.39, 0.29) is 41.4 Å². The molecule has 2 heterocycles. The van der Waals surface area contributed by atoms with E-state index in [0.717, 1.165) is 12.1 Å². The number of hydrogen-bond donors (Lipinski definition) is 0. The predicted molar refractivity (Wildman–Crippen MR) is 133 cm³/mol. The Kier molecular flexibility index (Phi) is 8.73. The van der Waals surface area contributed by atoms with Crippen LogP contribution in [-0.2, 0) is 9.47 Å². The molecule has 0 saturated carbocycles. The first kappa shape index (κ1) is 28.3. The van der Waals surface area contributed by atoms with Crippen LogP contribution in [-0.4, -0.2) is 74.6 Å². The van der Waals surface area contributed by atoms with Gasteiger partial charge in [-0.25, -0.2) is 18.6 Å². The second-order valence-electron chi connectivity index (χ2n) is 9.23. The van der Waals surface area contributed by atoms with Gasteiger partial charge in [-0.05, 0) is 36.2 Å². The normalized spacial score (nSPS) is 20.5. The number of nitrogens with zero attached hydrogens (tertiary/aromatic N) is 3. The number of ether oxygens (including phenoxy) is 3. The lowest BCUT2D eigenvalue weighted by Gasteiger charge is -2.41. The van der Waals surface area contributed by atoms with Crippen molar-refractivity contribution in [2.45, 2.75) is 18.7 Å². The second-order valence-corrected chi connectivity index (χ2v) is 9.23. The van der Waals surface area contributed by atoms with Gasteiger partial charge in [-0.15, -0.1) is 13.2 Å². The third-order valence-electron chi connectivity index (χ3n) is 6.64. The average molecular weight is 554 g/mol. The summed E-state index contributed by atoms with van der Waals surface area (Å²) in [7, 11) is 1.37. The molecular formula is C27H28F5N3O4. The van der Waals surface area contributed by atoms with Gasteiger partial charge in [0.1, 0.15) is 17.4 Å². The molecule has 39 heavy (non-hydrogen) atoms. The second kappa shape index (κ2) is 12.0. The van der Waals surface area contributed by atoms with Crippen LogP contribution in [0.15, 0.2) is 54.0 Å². The van der Waals surface area contributed by atoms with Crippen molar-refractivity contribution >= 4 is 17.6 Å². The zero-order chi connectivity index (χ0) is 28.2. The summed E-state index contributed by atoms with van der Waals surface area (Å²) in [5.74, 6) is -2.67. The summed E-state index contributed by atoms with van der Waals surface area (Å²) < 4.78 is 81.3. The Hall–Kier alpha value is -3.67. The number of piperidine rings is 1. The number of urea groups is 1. The van der Waals surface area contributed by atoms with E-state index in [1.807, 2.05) is 0 Å². The highest BCUT2D eigenvalue weighted by Crippen LogP contribution is 2.34. The minimum atomic E-state index is -4.82. The summed E-state index contributed by atoms with van der Waals surface area (Å²) in [6.07, 6.45) is -4.41. The number of aliphatic imine (C=N–C) groups is 1. The molecular weight excluding hydrogens is 525 g/mol. The fourth-order valence-electron chi connectivity index (χ4n) is 4.84. The summed E-state index contributed by atoms with van der Waals surface area (Å²) in [6, 6.07) is 8.66. The van der Waals surface area contributed by atoms with Crippen LogP contribution in [0.1, 0.15) is 23.5 Å². The lowest BCUT2D eigenvalue weighted by atomic mass is 9.84. The number of hydrogen-bond acceptors (Lipinski definition) is 5. The highest BCUT2D eigenvalue weighted by molar-refractivity contribution is 5.86. The van der Waals surface area contributed by atoms with Crippen LogP contribution in [0.2, 0.25) is 0 Å². The fourth-order valence-corrected chi connectivity index (χ4v) is 4.84. The molecule has 2 aromatic carbocycles. The third kappa shape index (κ3) is 7.05. The van der Waals surface area contributed by atoms with Crippen molar-refractivity contribution in [2.75, 3.05) is 46.5 Å². The highest BCUT2D eigenvalue weighted by atomic mass is 19.4. The molecule has 0 spiro atoms. The fraction of sp³-hybridized carbons (Fsp3) is 0.407. The number of carbonyl (C=O) groups excluding carboxylic acids is 1. The topological polar surface area (TPSA) is 63.6 Å². The Balaban J connectivity index is 1.62. The predicted octanol–water partition coefficient (Wildman–Crippen LogP) is 5.44. The lowest BCUT2D eigenvalue weighted by molar-refractivity contribution is -0.274. The van der Waals surface area contributed by atoms with Gasteiger partial charge in [-0.1, -0.05) is 24.8 Å². The van der Waals surface area contributed by atoms with Gasteiger partial charge in [0.15, 0.2) is 5.90 Å². The molecule has 2 aliphatic rings. The number of methoxy groups -OCH3 is 1. The molecule has 0 radical (unpaired) electrons. The van der Waals surface area contributed by atoms with Crippen molar-refractivity contribution in [1.82, 2.24) is 9.80 Å². The minimum Gasteiger partial charge on any atom is -0.484 e. The van der Waals surface area contributed by atoms with Crippen LogP contribution in [0.3, 0.4) is 0 Å². The van der Waals surface area contributed by atoms with Crippen LogP contribution >= 0.6 is 0 Å². The van der Waals surface area contributed by atoms with Crippen molar-refractivity contribution < 1.29 is 41.0 Å². The Bertz CT molecular complexity index is 1190. The number of morpholine rings is 1. The number of benzene rings is 2. The maximum atomic E-state index is 14.3. The minimum absolute atomic E-state index is 0.129. The Morgan fingerprint density at radius 1 is 1.03 bits per heavy atom. The molecule has 0 bridgehead atoms. The largest absolute Gasteiger partial charge is 0.573 e. The number of likely N-dealkylation sites (tertiary alicyclic amines) is 1. The van der Waals surface area contributed by atoms with Crippen LogP contribution in [0.5, 0.6) is 5.75 Å². The summed E-state index contributed by atoms with van der Waals surface area (Å²) >= 11 is 0. The van der Waals surface area contributed by atoms with Gasteiger partial charge in [0.2, 0.25) is 0 Å². The standard InChI is InChI=1S/C27H28F5N3O4/c1-17(24-22(28)4-3-5-23(24)29)33-25(37-2)20-14-19(18-6-8-21(9-7-18)39-27(30,31)32)15-35(16-20)26(36)34-10-12-38-13-11-34/h3-9,19-20H,1,10-16H2,2H3. The van der Waals surface area contributed by atoms with Crippen molar-refractivity contribution in [1.29, 1.82) is 0 Å². The first-order chi connectivity index (χ1) is 18.6. The quantitative estimate of drug-likeness (QED) is 0.281. The Morgan fingerprint density at radius 2 is 1.67 bits per heavy atom. The van der Waals surface area contributed by atoms with Gasteiger partial charge in [-0.3, -0.25) is 0 Å². The van der Waals surface area contributed by atoms with Crippen LogP contribution < -0.4 is 4.74 Å². The smallest absolute Gasteiger partial charge is 0.484 e. The molecule has 2 fully saturated rings. The van der Waals surface area contributed by atoms with E-state index < -0.39 is 23.9 Å². The Labute approximate surface area is 222 Å². The molecule has 7 nitrogen and oxygen atoms in total. The molecule has 4 rings (SSSR count). The molecule has 2 atom stereocenters. The van der Waals surface area contributed by atoms with Gasteiger partial charge < -0.3 is 24.0 Å². The summed E-state index contributed by atoms with van der Waals surface area (Å²) in [5, 5.41) is 0. The first-order valence-corrected chi connectivity index (χ1v) is 12.3. The molecule has 2 aliphatic heterocycles. The van der Waals surface area contributed by atoms with Crippen LogP contribution in [0.4, 0.5) is 26.7 Å². The zero-order valence-electron chi connectivity index (χ0n) is 21.2. The third-order valence-corrected chi connectivity index (χ3v) is 6.64. The van der Waals surface area contributed by atoms with E-state index in [1.54, 1.807) is 9.80 Å². The van der Waals surface area contributed by atoms with Gasteiger partial charge in [-0.2, -0.15) is 0 Å². The Morgan fingerprint density at radius 3 is 2.26 bits per heavy atom. The molecule has 210 valence electrons. The molecule has 12 heteroatoms. The molecule has 0 N–H and O–H groups in total. The van der Waals surface area contributed by atoms with E-state index in [4.69, 9.17) is 9.47 Å². The van der Waals surface area contributed by atoms with Gasteiger partial charge >= 0.3 is 12.4 Å². The van der Waals surface area contributed by atoms with Gasteiger partial charge in [0.25, 0.3) is 0 Å². The van der Waals surface area contributed by atoms with E-state index >= 15 is 0 Å². The number of carbonyl (C=O) groups is 1. The van der Waals surface area contributed by atoms with E-state index in [2.05, 4.69) is 16.3 Å². The van der Waals surface area contributed by atoms with Crippen molar-refractivity contribution in [3.8, 4) is 5.75 Å². The molecule has 2 saturated heterocycles. The van der Waals surface area contributed by atoms with Crippen molar-refractivity contribution in [3.05, 3.63) is 71.8 Å². The highest BCUT2D eigenvalue weighted by Gasteiger charge is 2.37. The lowest BCUT2D eigenvalue weighted by Crippen LogP contribution is -2.53. The number of amides is 2. The van der Waals surface area contributed by atoms with E-state index in [9.17, 15) is 26.7 Å². The number of rotatable bonds is 5. The molecule has 0 aromatic heterocycles. The first-order valence-electron chi connectivity index (χ1n) is 12.3. The molecule has 0 aliphatic carbocycles. The summed E-state index contributed by atoms with van der Waals surface area (Å²) in [4.78, 5) is 21.0. The number of alkyl halides is 3. The van der Waals surface area contributed by atoms with Crippen LogP contribution in [0.25, 0.3) is 5.70 Å². The molecule has 2 amide bonds. The maximum absolute atomic E-state index is 14.3. The van der Waals surface area contributed by atoms with Gasteiger partial charge in [0.05, 0.1) is 37.5 Å².